The minimum absolute atomic E-state index is 0.432. The van der Waals surface area contributed by atoms with Gasteiger partial charge in [0.1, 0.15) is 0 Å². The van der Waals surface area contributed by atoms with E-state index in [1.54, 1.807) is 11.3 Å². The van der Waals surface area contributed by atoms with Crippen LogP contribution in [0.15, 0.2) is 17.5 Å². The van der Waals surface area contributed by atoms with Gasteiger partial charge in [-0.2, -0.15) is 5.26 Å². The molecular weight excluding hydrogens is 192 g/mol. The summed E-state index contributed by atoms with van der Waals surface area (Å²) in [7, 11) is 0. The van der Waals surface area contributed by atoms with E-state index >= 15 is 0 Å². The Morgan fingerprint density at radius 2 is 2.36 bits per heavy atom. The number of benzene rings is 1. The molecule has 0 unspecified atom stereocenters. The van der Waals surface area contributed by atoms with Crippen LogP contribution in [0.2, 0.25) is 0 Å². The normalized spacial score (nSPS) is 10.3. The maximum Gasteiger partial charge on any atom is 0.0669 e. The predicted molar refractivity (Wildman–Crippen MR) is 60.3 cm³/mol. The Morgan fingerprint density at radius 3 is 3.07 bits per heavy atom. The number of aryl methyl sites for hydroxylation is 1. The Labute approximate surface area is 86.6 Å². The van der Waals surface area contributed by atoms with Crippen LogP contribution >= 0.6 is 11.3 Å². The number of nitrogens with zero attached hydrogens (tertiary/aromatic N) is 1. The summed E-state index contributed by atoms with van der Waals surface area (Å²) in [6, 6.07) is 6.13. The third kappa shape index (κ3) is 1.24. The lowest BCUT2D eigenvalue weighted by Gasteiger charge is -2.05. The molecule has 0 radical (unpaired) electrons. The highest BCUT2D eigenvalue weighted by atomic mass is 32.1. The molecule has 0 aliphatic carbocycles. The van der Waals surface area contributed by atoms with Gasteiger partial charge in [0.05, 0.1) is 17.2 Å². The second kappa shape index (κ2) is 3.32. The standard InChI is InChI=1S/C11H10N2S/c1-7-8(2-4-12)6-10(13)11-9(7)3-5-14-11/h3,5-6H,2,13H2,1H3. The highest BCUT2D eigenvalue weighted by molar-refractivity contribution is 7.17. The van der Waals surface area contributed by atoms with Crippen LogP contribution in [0.1, 0.15) is 11.1 Å². The van der Waals surface area contributed by atoms with Crippen molar-refractivity contribution in [1.29, 1.82) is 5.26 Å². The average Bonchev–Trinajstić information content (AvgIpc) is 2.63. The minimum atomic E-state index is 0.432. The van der Waals surface area contributed by atoms with Crippen LogP contribution in [-0.4, -0.2) is 0 Å². The topological polar surface area (TPSA) is 49.8 Å². The van der Waals surface area contributed by atoms with E-state index in [0.717, 1.165) is 16.0 Å². The number of thiophene rings is 1. The fraction of sp³-hybridized carbons (Fsp3) is 0.182. The van der Waals surface area contributed by atoms with Crippen molar-refractivity contribution < 1.29 is 0 Å². The van der Waals surface area contributed by atoms with Gasteiger partial charge in [-0.05, 0) is 40.9 Å². The van der Waals surface area contributed by atoms with E-state index in [-0.39, 0.29) is 0 Å². The van der Waals surface area contributed by atoms with Crippen LogP contribution in [0.25, 0.3) is 10.1 Å². The van der Waals surface area contributed by atoms with Crippen LogP contribution in [-0.2, 0) is 6.42 Å². The first kappa shape index (κ1) is 9.04. The van der Waals surface area contributed by atoms with Gasteiger partial charge in [-0.25, -0.2) is 0 Å². The van der Waals surface area contributed by atoms with E-state index in [2.05, 4.69) is 12.1 Å². The zero-order chi connectivity index (χ0) is 10.1. The minimum Gasteiger partial charge on any atom is -0.398 e. The lowest BCUT2D eigenvalue weighted by molar-refractivity contribution is 1.23. The summed E-state index contributed by atoms with van der Waals surface area (Å²) in [6.45, 7) is 2.04. The first-order chi connectivity index (χ1) is 6.74. The molecule has 1 heterocycles. The smallest absolute Gasteiger partial charge is 0.0669 e. The molecule has 0 amide bonds. The van der Waals surface area contributed by atoms with E-state index < -0.39 is 0 Å². The molecule has 0 aliphatic heterocycles. The summed E-state index contributed by atoms with van der Waals surface area (Å²) >= 11 is 1.65. The lowest BCUT2D eigenvalue weighted by Crippen LogP contribution is -1.92. The van der Waals surface area contributed by atoms with E-state index in [9.17, 15) is 0 Å². The molecule has 70 valence electrons. The number of nitriles is 1. The quantitative estimate of drug-likeness (QED) is 0.723. The van der Waals surface area contributed by atoms with E-state index in [1.807, 2.05) is 18.4 Å². The van der Waals surface area contributed by atoms with E-state index in [1.165, 1.54) is 10.9 Å². The number of fused-ring (bicyclic) bond motifs is 1. The first-order valence-electron chi connectivity index (χ1n) is 4.36. The Bertz CT molecular complexity index is 520. The summed E-state index contributed by atoms with van der Waals surface area (Å²) in [5.74, 6) is 0. The van der Waals surface area contributed by atoms with Crippen molar-refractivity contribution in [3.63, 3.8) is 0 Å². The van der Waals surface area contributed by atoms with Gasteiger partial charge in [0, 0.05) is 5.69 Å². The molecule has 2 rings (SSSR count). The number of nitrogens with two attached hydrogens (primary N) is 1. The third-order valence-electron chi connectivity index (χ3n) is 2.41. The van der Waals surface area contributed by atoms with Crippen LogP contribution in [0, 0.1) is 18.3 Å². The van der Waals surface area contributed by atoms with Crippen LogP contribution in [0.5, 0.6) is 0 Å². The summed E-state index contributed by atoms with van der Waals surface area (Å²) < 4.78 is 1.13. The molecule has 14 heavy (non-hydrogen) atoms. The number of hydrogen-bond acceptors (Lipinski definition) is 3. The van der Waals surface area contributed by atoms with Gasteiger partial charge < -0.3 is 5.73 Å². The SMILES string of the molecule is Cc1c(CC#N)cc(N)c2sccc12. The number of rotatable bonds is 1. The Balaban J connectivity index is 2.76. The van der Waals surface area contributed by atoms with Crippen molar-refractivity contribution >= 4 is 27.1 Å². The van der Waals surface area contributed by atoms with Crippen molar-refractivity contribution in [2.75, 3.05) is 5.73 Å². The predicted octanol–water partition coefficient (Wildman–Crippen LogP) is 2.86. The van der Waals surface area contributed by atoms with E-state index in [0.29, 0.717) is 6.42 Å². The molecule has 2 N–H and O–H groups in total. The lowest BCUT2D eigenvalue weighted by atomic mass is 10.0. The largest absolute Gasteiger partial charge is 0.398 e. The first-order valence-corrected chi connectivity index (χ1v) is 5.24. The molecule has 0 saturated heterocycles. The molecule has 1 aromatic heterocycles. The summed E-state index contributed by atoms with van der Waals surface area (Å²) in [5, 5.41) is 11.9. The molecule has 0 aliphatic rings. The van der Waals surface area contributed by atoms with Crippen LogP contribution in [0.3, 0.4) is 0 Å². The third-order valence-corrected chi connectivity index (χ3v) is 3.38. The fourth-order valence-corrected chi connectivity index (χ4v) is 2.51. The summed E-state index contributed by atoms with van der Waals surface area (Å²) in [5.41, 5.74) is 8.90. The zero-order valence-electron chi connectivity index (χ0n) is 7.87. The van der Waals surface area contributed by atoms with Crippen molar-refractivity contribution in [1.82, 2.24) is 0 Å². The van der Waals surface area contributed by atoms with Crippen molar-refractivity contribution in [2.24, 2.45) is 0 Å². The molecular formula is C11H10N2S. The molecule has 3 heteroatoms. The fourth-order valence-electron chi connectivity index (χ4n) is 1.63. The van der Waals surface area contributed by atoms with Gasteiger partial charge in [0.25, 0.3) is 0 Å². The Morgan fingerprint density at radius 1 is 1.57 bits per heavy atom. The van der Waals surface area contributed by atoms with Gasteiger partial charge in [0.15, 0.2) is 0 Å². The van der Waals surface area contributed by atoms with Crippen LogP contribution in [0.4, 0.5) is 5.69 Å². The van der Waals surface area contributed by atoms with Gasteiger partial charge >= 0.3 is 0 Å². The number of hydrogen-bond donors (Lipinski definition) is 1. The molecule has 1 aromatic carbocycles. The maximum absolute atomic E-state index is 8.67. The maximum atomic E-state index is 8.67. The van der Waals surface area contributed by atoms with Gasteiger partial charge in [0.2, 0.25) is 0 Å². The second-order valence-electron chi connectivity index (χ2n) is 3.25. The molecule has 0 fully saturated rings. The van der Waals surface area contributed by atoms with E-state index in [4.69, 9.17) is 11.0 Å². The van der Waals surface area contributed by atoms with Crippen LogP contribution < -0.4 is 5.73 Å². The number of nitrogen functional groups attached to an aromatic ring is 1. The van der Waals surface area contributed by atoms with Crippen molar-refractivity contribution in [2.45, 2.75) is 13.3 Å². The van der Waals surface area contributed by atoms with Crippen molar-refractivity contribution in [3.05, 3.63) is 28.6 Å². The summed E-state index contributed by atoms with van der Waals surface area (Å²) in [6.07, 6.45) is 0.432. The zero-order valence-corrected chi connectivity index (χ0v) is 8.69. The second-order valence-corrected chi connectivity index (χ2v) is 4.16. The molecule has 0 atom stereocenters. The monoisotopic (exact) mass is 202 g/mol. The highest BCUT2D eigenvalue weighted by Gasteiger charge is 2.07. The highest BCUT2D eigenvalue weighted by Crippen LogP contribution is 2.31. The Kier molecular flexibility index (Phi) is 2.14. The molecule has 0 spiro atoms. The number of anilines is 1. The van der Waals surface area contributed by atoms with Gasteiger partial charge in [-0.1, -0.05) is 0 Å². The Hall–Kier alpha value is -1.53. The molecule has 0 saturated carbocycles. The van der Waals surface area contributed by atoms with Gasteiger partial charge in [-0.3, -0.25) is 0 Å². The summed E-state index contributed by atoms with van der Waals surface area (Å²) in [4.78, 5) is 0. The van der Waals surface area contributed by atoms with Gasteiger partial charge in [-0.15, -0.1) is 11.3 Å². The van der Waals surface area contributed by atoms with Crippen molar-refractivity contribution in [3.8, 4) is 6.07 Å². The molecule has 2 aromatic rings. The average molecular weight is 202 g/mol. The molecule has 2 nitrogen and oxygen atoms in total. The molecule has 0 bridgehead atoms.